The molecule has 0 aliphatic carbocycles. The first-order chi connectivity index (χ1) is 13.1. The van der Waals surface area contributed by atoms with E-state index >= 15 is 0 Å². The second kappa shape index (κ2) is 7.21. The minimum atomic E-state index is -0.151. The second-order valence-corrected chi connectivity index (χ2v) is 6.94. The number of fused-ring (bicyclic) bond motifs is 1. The van der Waals surface area contributed by atoms with Gasteiger partial charge in [-0.15, -0.1) is 0 Å². The van der Waals surface area contributed by atoms with Crippen molar-refractivity contribution in [3.05, 3.63) is 99.0 Å². The van der Waals surface area contributed by atoms with Crippen LogP contribution in [0.1, 0.15) is 11.4 Å². The Morgan fingerprint density at radius 3 is 2.33 bits per heavy atom. The molecule has 0 fully saturated rings. The van der Waals surface area contributed by atoms with Crippen molar-refractivity contribution in [2.24, 2.45) is 0 Å². The third-order valence-electron chi connectivity index (χ3n) is 4.20. The van der Waals surface area contributed by atoms with Gasteiger partial charge in [-0.05, 0) is 60.2 Å². The smallest absolute Gasteiger partial charge is 0.266 e. The minimum Gasteiger partial charge on any atom is -0.508 e. The van der Waals surface area contributed by atoms with Crippen LogP contribution in [0, 0.1) is 0 Å². The molecule has 0 saturated carbocycles. The van der Waals surface area contributed by atoms with Gasteiger partial charge in [0.05, 0.1) is 16.6 Å². The molecule has 0 atom stereocenters. The van der Waals surface area contributed by atoms with Gasteiger partial charge >= 0.3 is 0 Å². The maximum Gasteiger partial charge on any atom is 0.266 e. The summed E-state index contributed by atoms with van der Waals surface area (Å²) >= 11 is 3.42. The molecule has 0 unspecified atom stereocenters. The van der Waals surface area contributed by atoms with E-state index in [9.17, 15) is 9.90 Å². The molecule has 0 radical (unpaired) electrons. The van der Waals surface area contributed by atoms with Crippen molar-refractivity contribution < 1.29 is 5.11 Å². The average Bonchev–Trinajstić information content (AvgIpc) is 2.69. The van der Waals surface area contributed by atoms with E-state index in [-0.39, 0.29) is 11.3 Å². The predicted octanol–water partition coefficient (Wildman–Crippen LogP) is 5.02. The number of phenols is 1. The van der Waals surface area contributed by atoms with Crippen LogP contribution in [0.4, 0.5) is 0 Å². The monoisotopic (exact) mass is 418 g/mol. The molecule has 132 valence electrons. The van der Waals surface area contributed by atoms with E-state index in [1.54, 1.807) is 34.9 Å². The van der Waals surface area contributed by atoms with E-state index < -0.39 is 0 Å². The van der Waals surface area contributed by atoms with Crippen molar-refractivity contribution >= 4 is 39.0 Å². The van der Waals surface area contributed by atoms with Crippen LogP contribution < -0.4 is 5.56 Å². The van der Waals surface area contributed by atoms with Crippen LogP contribution in [0.2, 0.25) is 0 Å². The highest BCUT2D eigenvalue weighted by molar-refractivity contribution is 9.10. The lowest BCUT2D eigenvalue weighted by atomic mass is 10.2. The van der Waals surface area contributed by atoms with Crippen LogP contribution in [0.15, 0.2) is 82.1 Å². The van der Waals surface area contributed by atoms with Crippen LogP contribution in [-0.2, 0) is 0 Å². The lowest BCUT2D eigenvalue weighted by Gasteiger charge is -2.11. The molecule has 0 amide bonds. The van der Waals surface area contributed by atoms with Gasteiger partial charge in [-0.3, -0.25) is 9.36 Å². The fourth-order valence-electron chi connectivity index (χ4n) is 2.86. The Labute approximate surface area is 164 Å². The Balaban J connectivity index is 1.92. The largest absolute Gasteiger partial charge is 0.508 e. The molecule has 4 nitrogen and oxygen atoms in total. The molecule has 27 heavy (non-hydrogen) atoms. The molecule has 1 heterocycles. The summed E-state index contributed by atoms with van der Waals surface area (Å²) in [5.41, 5.74) is 2.14. The van der Waals surface area contributed by atoms with Gasteiger partial charge in [-0.25, -0.2) is 4.98 Å². The van der Waals surface area contributed by atoms with Gasteiger partial charge in [0.15, 0.2) is 0 Å². The van der Waals surface area contributed by atoms with Gasteiger partial charge in [0, 0.05) is 4.47 Å². The van der Waals surface area contributed by atoms with Gasteiger partial charge < -0.3 is 5.11 Å². The van der Waals surface area contributed by atoms with E-state index in [4.69, 9.17) is 0 Å². The van der Waals surface area contributed by atoms with Crippen LogP contribution >= 0.6 is 15.9 Å². The number of para-hydroxylation sites is 1. The zero-order chi connectivity index (χ0) is 18.8. The van der Waals surface area contributed by atoms with Crippen LogP contribution in [0.25, 0.3) is 28.7 Å². The van der Waals surface area contributed by atoms with Gasteiger partial charge in [0.2, 0.25) is 0 Å². The standard InChI is InChI=1S/C22H15BrN2O2/c23-16-8-5-15(6-9-16)7-14-21-24-20-4-2-1-3-19(20)22(27)25(21)17-10-12-18(26)13-11-17/h1-14,26H. The summed E-state index contributed by atoms with van der Waals surface area (Å²) in [5, 5.41) is 10.1. The van der Waals surface area contributed by atoms with Crippen LogP contribution in [-0.4, -0.2) is 14.7 Å². The topological polar surface area (TPSA) is 55.1 Å². The Morgan fingerprint density at radius 1 is 0.889 bits per heavy atom. The molecule has 0 bridgehead atoms. The van der Waals surface area contributed by atoms with Crippen molar-refractivity contribution in [2.75, 3.05) is 0 Å². The molecule has 1 N–H and O–H groups in total. The van der Waals surface area contributed by atoms with E-state index in [1.165, 1.54) is 0 Å². The van der Waals surface area contributed by atoms with Crippen molar-refractivity contribution in [1.29, 1.82) is 0 Å². The summed E-state index contributed by atoms with van der Waals surface area (Å²) < 4.78 is 2.56. The highest BCUT2D eigenvalue weighted by Crippen LogP contribution is 2.18. The number of halogens is 1. The fraction of sp³-hybridized carbons (Fsp3) is 0. The molecular formula is C22H15BrN2O2. The Hall–Kier alpha value is -3.18. The van der Waals surface area contributed by atoms with E-state index in [1.807, 2.05) is 54.6 Å². The maximum absolute atomic E-state index is 13.1. The zero-order valence-corrected chi connectivity index (χ0v) is 15.8. The summed E-state index contributed by atoms with van der Waals surface area (Å²) in [4.78, 5) is 17.8. The summed E-state index contributed by atoms with van der Waals surface area (Å²) in [6.07, 6.45) is 3.74. The van der Waals surface area contributed by atoms with Crippen molar-refractivity contribution in [3.63, 3.8) is 0 Å². The van der Waals surface area contributed by atoms with Crippen LogP contribution in [0.3, 0.4) is 0 Å². The SMILES string of the molecule is O=c1c2ccccc2nc(C=Cc2ccc(Br)cc2)n1-c1ccc(O)cc1. The van der Waals surface area contributed by atoms with Gasteiger partial charge in [-0.1, -0.05) is 46.3 Å². The second-order valence-electron chi connectivity index (χ2n) is 6.03. The number of aromatic hydroxyl groups is 1. The summed E-state index contributed by atoms with van der Waals surface area (Å²) in [6.45, 7) is 0. The average molecular weight is 419 g/mol. The molecule has 0 saturated heterocycles. The number of nitrogens with zero attached hydrogens (tertiary/aromatic N) is 2. The third-order valence-corrected chi connectivity index (χ3v) is 4.73. The number of hydrogen-bond donors (Lipinski definition) is 1. The molecular weight excluding hydrogens is 404 g/mol. The van der Waals surface area contributed by atoms with E-state index in [0.29, 0.717) is 22.4 Å². The molecule has 0 aliphatic heterocycles. The van der Waals surface area contributed by atoms with Gasteiger partial charge in [-0.2, -0.15) is 0 Å². The summed E-state index contributed by atoms with van der Waals surface area (Å²) in [7, 11) is 0. The number of phenolic OH excluding ortho intramolecular Hbond substituents is 1. The molecule has 1 aromatic heterocycles. The fourth-order valence-corrected chi connectivity index (χ4v) is 3.12. The zero-order valence-electron chi connectivity index (χ0n) is 14.2. The lowest BCUT2D eigenvalue weighted by Crippen LogP contribution is -2.22. The summed E-state index contributed by atoms with van der Waals surface area (Å²) in [6, 6.07) is 21.7. The minimum absolute atomic E-state index is 0.146. The molecule has 4 aromatic rings. The van der Waals surface area contributed by atoms with Crippen LogP contribution in [0.5, 0.6) is 5.75 Å². The van der Waals surface area contributed by atoms with Gasteiger partial charge in [0.25, 0.3) is 5.56 Å². The molecule has 3 aromatic carbocycles. The van der Waals surface area contributed by atoms with E-state index in [2.05, 4.69) is 20.9 Å². The molecule has 0 aliphatic rings. The molecule has 4 rings (SSSR count). The van der Waals surface area contributed by atoms with Gasteiger partial charge in [0.1, 0.15) is 11.6 Å². The normalized spacial score (nSPS) is 11.3. The van der Waals surface area contributed by atoms with Crippen molar-refractivity contribution in [1.82, 2.24) is 9.55 Å². The Bertz CT molecular complexity index is 1190. The number of benzene rings is 3. The Morgan fingerprint density at radius 2 is 1.59 bits per heavy atom. The first-order valence-corrected chi connectivity index (χ1v) is 9.16. The Kier molecular flexibility index (Phi) is 4.60. The van der Waals surface area contributed by atoms with Crippen molar-refractivity contribution in [2.45, 2.75) is 0 Å². The van der Waals surface area contributed by atoms with E-state index in [0.717, 1.165) is 10.0 Å². The number of rotatable bonds is 3. The number of aromatic nitrogens is 2. The predicted molar refractivity (Wildman–Crippen MR) is 112 cm³/mol. The maximum atomic E-state index is 13.1. The van der Waals surface area contributed by atoms with Crippen molar-refractivity contribution in [3.8, 4) is 11.4 Å². The third kappa shape index (κ3) is 3.55. The lowest BCUT2D eigenvalue weighted by molar-refractivity contribution is 0.475. The highest BCUT2D eigenvalue weighted by atomic mass is 79.9. The first-order valence-electron chi connectivity index (χ1n) is 8.37. The quantitative estimate of drug-likeness (QED) is 0.507. The summed E-state index contributed by atoms with van der Waals surface area (Å²) in [5.74, 6) is 0.666. The molecule has 5 heteroatoms. The first kappa shape index (κ1) is 17.2. The number of hydrogen-bond acceptors (Lipinski definition) is 3. The highest BCUT2D eigenvalue weighted by Gasteiger charge is 2.11. The molecule has 0 spiro atoms.